The van der Waals surface area contributed by atoms with Crippen LogP contribution in [-0.4, -0.2) is 31.8 Å². The highest BCUT2D eigenvalue weighted by atomic mass is 35.5. The summed E-state index contributed by atoms with van der Waals surface area (Å²) in [4.78, 5) is 11.7. The number of rotatable bonds is 5. The normalized spacial score (nSPS) is 22.2. The third-order valence-electron chi connectivity index (χ3n) is 2.93. The summed E-state index contributed by atoms with van der Waals surface area (Å²) in [5.74, 6) is 0.290. The number of carbonyl (C=O) groups is 1. The highest BCUT2D eigenvalue weighted by Crippen LogP contribution is 2.17. The Morgan fingerprint density at radius 3 is 2.84 bits per heavy atom. The van der Waals surface area contributed by atoms with Gasteiger partial charge in [-0.25, -0.2) is 0 Å². The number of esters is 1. The Kier molecular flexibility index (Phi) is 5.01. The van der Waals surface area contributed by atoms with Gasteiger partial charge in [-0.2, -0.15) is 0 Å². The Bertz CT molecular complexity index is 424. The van der Waals surface area contributed by atoms with Gasteiger partial charge in [0, 0.05) is 11.6 Å². The molecule has 2 atom stereocenters. The summed E-state index contributed by atoms with van der Waals surface area (Å²) in [7, 11) is 0. The lowest BCUT2D eigenvalue weighted by atomic mass is 10.0. The number of benzene rings is 1. The van der Waals surface area contributed by atoms with E-state index >= 15 is 0 Å². The van der Waals surface area contributed by atoms with Crippen molar-refractivity contribution in [2.45, 2.75) is 13.0 Å². The summed E-state index contributed by atoms with van der Waals surface area (Å²) in [6.07, 6.45) is 0. The molecule has 1 aliphatic rings. The molecule has 1 aromatic rings. The van der Waals surface area contributed by atoms with Gasteiger partial charge in [-0.1, -0.05) is 11.6 Å². The Hall–Kier alpha value is -1.30. The third-order valence-corrected chi connectivity index (χ3v) is 3.18. The van der Waals surface area contributed by atoms with Gasteiger partial charge in [-0.05, 0) is 31.2 Å². The van der Waals surface area contributed by atoms with Crippen LogP contribution in [0, 0.1) is 5.92 Å². The van der Waals surface area contributed by atoms with Crippen LogP contribution in [0.4, 0.5) is 0 Å². The summed E-state index contributed by atoms with van der Waals surface area (Å²) in [5, 5.41) is 0.664. The van der Waals surface area contributed by atoms with Crippen molar-refractivity contribution in [2.75, 3.05) is 19.8 Å². The van der Waals surface area contributed by atoms with E-state index in [1.165, 1.54) is 0 Å². The minimum absolute atomic E-state index is 0.102. The lowest BCUT2D eigenvalue weighted by molar-refractivity contribution is -0.148. The number of hydrogen-bond donors (Lipinski definition) is 2. The molecule has 1 aliphatic heterocycles. The van der Waals surface area contributed by atoms with Crippen molar-refractivity contribution in [2.24, 2.45) is 5.92 Å². The first-order valence-electron chi connectivity index (χ1n) is 6.24. The molecule has 0 amide bonds. The monoisotopic (exact) mass is 284 g/mol. The highest BCUT2D eigenvalue weighted by Gasteiger charge is 2.34. The largest absolute Gasteiger partial charge is 0.492 e. The predicted octanol–water partition coefficient (Wildman–Crippen LogP) is 1.37. The van der Waals surface area contributed by atoms with Gasteiger partial charge in [-0.15, -0.1) is 0 Å². The number of nitrogens with one attached hydrogen (secondary N) is 2. The Labute approximate surface area is 117 Å². The standard InChI is InChI=1S/C13H17ClN2O3/c1-2-18-13(17)11-7-15-16-12(11)8-19-10-5-3-9(14)4-6-10/h3-6,11-12,15-16H,2,7-8H2,1H3. The Morgan fingerprint density at radius 1 is 1.42 bits per heavy atom. The average molecular weight is 285 g/mol. The van der Waals surface area contributed by atoms with Gasteiger partial charge in [0.2, 0.25) is 0 Å². The minimum Gasteiger partial charge on any atom is -0.492 e. The predicted molar refractivity (Wildman–Crippen MR) is 72.0 cm³/mol. The first-order valence-corrected chi connectivity index (χ1v) is 6.62. The van der Waals surface area contributed by atoms with Gasteiger partial charge in [0.25, 0.3) is 0 Å². The SMILES string of the molecule is CCOC(=O)C1CNNC1COc1ccc(Cl)cc1. The van der Waals surface area contributed by atoms with Gasteiger partial charge in [0.05, 0.1) is 18.6 Å². The van der Waals surface area contributed by atoms with E-state index in [4.69, 9.17) is 21.1 Å². The number of ether oxygens (including phenoxy) is 2. The van der Waals surface area contributed by atoms with E-state index in [0.29, 0.717) is 24.8 Å². The Balaban J connectivity index is 1.87. The zero-order valence-corrected chi connectivity index (χ0v) is 11.4. The Morgan fingerprint density at radius 2 is 2.16 bits per heavy atom. The van der Waals surface area contributed by atoms with E-state index in [0.717, 1.165) is 5.75 Å². The van der Waals surface area contributed by atoms with Crippen molar-refractivity contribution in [3.05, 3.63) is 29.3 Å². The molecular formula is C13H17ClN2O3. The van der Waals surface area contributed by atoms with Crippen molar-refractivity contribution < 1.29 is 14.3 Å². The van der Waals surface area contributed by atoms with Gasteiger partial charge in [0.1, 0.15) is 12.4 Å². The minimum atomic E-state index is -0.229. The van der Waals surface area contributed by atoms with E-state index in [1.807, 2.05) is 0 Å². The molecule has 6 heteroatoms. The fourth-order valence-corrected chi connectivity index (χ4v) is 2.04. The van der Waals surface area contributed by atoms with Crippen LogP contribution in [0.1, 0.15) is 6.92 Å². The second kappa shape index (κ2) is 6.75. The van der Waals surface area contributed by atoms with Gasteiger partial charge in [0.15, 0.2) is 0 Å². The molecule has 19 heavy (non-hydrogen) atoms. The molecular weight excluding hydrogens is 268 g/mol. The van der Waals surface area contributed by atoms with E-state index in [2.05, 4.69) is 10.9 Å². The summed E-state index contributed by atoms with van der Waals surface area (Å²) < 4.78 is 10.7. The number of hydrazine groups is 1. The second-order valence-corrected chi connectivity index (χ2v) is 4.69. The van der Waals surface area contributed by atoms with Crippen molar-refractivity contribution in [1.29, 1.82) is 0 Å². The lowest BCUT2D eigenvalue weighted by Crippen LogP contribution is -2.39. The molecule has 2 N–H and O–H groups in total. The van der Waals surface area contributed by atoms with Crippen molar-refractivity contribution >= 4 is 17.6 Å². The lowest BCUT2D eigenvalue weighted by Gasteiger charge is -2.17. The molecule has 2 unspecified atom stereocenters. The third kappa shape index (κ3) is 3.83. The van der Waals surface area contributed by atoms with Crippen LogP contribution in [0.3, 0.4) is 0 Å². The highest BCUT2D eigenvalue weighted by molar-refractivity contribution is 6.30. The maximum atomic E-state index is 11.7. The maximum absolute atomic E-state index is 11.7. The van der Waals surface area contributed by atoms with Crippen molar-refractivity contribution in [3.63, 3.8) is 0 Å². The molecule has 1 heterocycles. The van der Waals surface area contributed by atoms with Crippen LogP contribution in [-0.2, 0) is 9.53 Å². The molecule has 0 saturated carbocycles. The quantitative estimate of drug-likeness (QED) is 0.800. The average Bonchev–Trinajstić information content (AvgIpc) is 2.87. The first-order chi connectivity index (χ1) is 9.20. The molecule has 0 bridgehead atoms. The molecule has 0 aliphatic carbocycles. The molecule has 2 rings (SSSR count). The molecule has 1 fully saturated rings. The summed E-state index contributed by atoms with van der Waals surface area (Å²) >= 11 is 5.80. The fourth-order valence-electron chi connectivity index (χ4n) is 1.91. The van der Waals surface area contributed by atoms with Crippen LogP contribution >= 0.6 is 11.6 Å². The molecule has 0 radical (unpaired) electrons. The summed E-state index contributed by atoms with van der Waals surface area (Å²) in [6, 6.07) is 7.02. The molecule has 0 spiro atoms. The van der Waals surface area contributed by atoms with Crippen molar-refractivity contribution in [1.82, 2.24) is 10.9 Å². The van der Waals surface area contributed by atoms with Gasteiger partial charge < -0.3 is 9.47 Å². The van der Waals surface area contributed by atoms with Crippen molar-refractivity contribution in [3.8, 4) is 5.75 Å². The van der Waals surface area contributed by atoms with Gasteiger partial charge in [-0.3, -0.25) is 15.6 Å². The first kappa shape index (κ1) is 14.1. The van der Waals surface area contributed by atoms with Gasteiger partial charge >= 0.3 is 5.97 Å². The number of carbonyl (C=O) groups excluding carboxylic acids is 1. The fraction of sp³-hybridized carbons (Fsp3) is 0.462. The second-order valence-electron chi connectivity index (χ2n) is 4.26. The zero-order chi connectivity index (χ0) is 13.7. The van der Waals surface area contributed by atoms with E-state index in [1.54, 1.807) is 31.2 Å². The van der Waals surface area contributed by atoms with Crippen LogP contribution in [0.15, 0.2) is 24.3 Å². The molecule has 1 aromatic carbocycles. The van der Waals surface area contributed by atoms with E-state index in [9.17, 15) is 4.79 Å². The summed E-state index contributed by atoms with van der Waals surface area (Å²) in [6.45, 7) is 3.12. The molecule has 5 nitrogen and oxygen atoms in total. The van der Waals surface area contributed by atoms with Crippen LogP contribution < -0.4 is 15.6 Å². The van der Waals surface area contributed by atoms with E-state index in [-0.39, 0.29) is 17.9 Å². The smallest absolute Gasteiger partial charge is 0.312 e. The molecule has 0 aromatic heterocycles. The van der Waals surface area contributed by atoms with E-state index < -0.39 is 0 Å². The van der Waals surface area contributed by atoms with Crippen LogP contribution in [0.5, 0.6) is 5.75 Å². The van der Waals surface area contributed by atoms with Crippen LogP contribution in [0.25, 0.3) is 0 Å². The number of halogens is 1. The topological polar surface area (TPSA) is 59.6 Å². The number of hydrogen-bond acceptors (Lipinski definition) is 5. The zero-order valence-electron chi connectivity index (χ0n) is 10.7. The maximum Gasteiger partial charge on any atom is 0.312 e. The van der Waals surface area contributed by atoms with Crippen LogP contribution in [0.2, 0.25) is 5.02 Å². The molecule has 1 saturated heterocycles. The molecule has 104 valence electrons. The summed E-state index contributed by atoms with van der Waals surface area (Å²) in [5.41, 5.74) is 5.98.